The molecule has 0 spiro atoms. The number of benzene rings is 1. The third-order valence-corrected chi connectivity index (χ3v) is 4.80. The molecular weight excluding hydrogens is 292 g/mol. The molecule has 1 atom stereocenters. The van der Waals surface area contributed by atoms with Crippen molar-refractivity contribution in [3.63, 3.8) is 0 Å². The van der Waals surface area contributed by atoms with E-state index < -0.39 is 15.9 Å². The summed E-state index contributed by atoms with van der Waals surface area (Å²) in [6.07, 6.45) is 2.09. The molecule has 21 heavy (non-hydrogen) atoms. The summed E-state index contributed by atoms with van der Waals surface area (Å²) in [7, 11) is -3.00. The number of amides is 2. The Kier molecular flexibility index (Phi) is 4.85. The van der Waals surface area contributed by atoms with Crippen molar-refractivity contribution in [2.24, 2.45) is 0 Å². The zero-order chi connectivity index (χ0) is 15.3. The van der Waals surface area contributed by atoms with Crippen molar-refractivity contribution in [1.29, 1.82) is 0 Å². The van der Waals surface area contributed by atoms with Crippen LogP contribution in [-0.2, 0) is 9.84 Å². The molecule has 1 aromatic rings. The fourth-order valence-electron chi connectivity index (χ4n) is 2.08. The van der Waals surface area contributed by atoms with E-state index in [0.717, 1.165) is 0 Å². The lowest BCUT2D eigenvalue weighted by atomic mass is 10.2. The van der Waals surface area contributed by atoms with Gasteiger partial charge in [0.15, 0.2) is 9.84 Å². The van der Waals surface area contributed by atoms with Crippen LogP contribution in [0.5, 0.6) is 5.75 Å². The van der Waals surface area contributed by atoms with E-state index in [0.29, 0.717) is 24.5 Å². The fourth-order valence-corrected chi connectivity index (χ4v) is 3.75. The lowest BCUT2D eigenvalue weighted by molar-refractivity contribution is 0.249. The molecule has 2 rings (SSSR count). The molecule has 1 aliphatic rings. The van der Waals surface area contributed by atoms with Crippen molar-refractivity contribution in [1.82, 2.24) is 5.32 Å². The zero-order valence-corrected chi connectivity index (χ0v) is 12.4. The molecule has 7 heteroatoms. The number of sulfone groups is 1. The van der Waals surface area contributed by atoms with Crippen LogP contribution in [0.1, 0.15) is 6.42 Å². The highest BCUT2D eigenvalue weighted by Crippen LogP contribution is 2.17. The van der Waals surface area contributed by atoms with Crippen LogP contribution in [0.3, 0.4) is 0 Å². The van der Waals surface area contributed by atoms with E-state index in [1.807, 2.05) is 0 Å². The highest BCUT2D eigenvalue weighted by atomic mass is 32.2. The fraction of sp³-hybridized carbons (Fsp3) is 0.357. The van der Waals surface area contributed by atoms with Gasteiger partial charge in [-0.2, -0.15) is 0 Å². The smallest absolute Gasteiger partial charge is 0.319 e. The van der Waals surface area contributed by atoms with Gasteiger partial charge >= 0.3 is 6.03 Å². The number of urea groups is 1. The number of rotatable bonds is 5. The Hall–Kier alpha value is -2.02. The molecule has 1 saturated heterocycles. The van der Waals surface area contributed by atoms with Crippen LogP contribution in [0.2, 0.25) is 0 Å². The normalized spacial score (nSPS) is 19.7. The summed E-state index contributed by atoms with van der Waals surface area (Å²) < 4.78 is 28.0. The lowest BCUT2D eigenvalue weighted by Gasteiger charge is -2.12. The van der Waals surface area contributed by atoms with Crippen LogP contribution >= 0.6 is 0 Å². The number of nitrogens with one attached hydrogen (secondary N) is 2. The van der Waals surface area contributed by atoms with Crippen molar-refractivity contribution in [2.45, 2.75) is 12.5 Å². The largest absolute Gasteiger partial charge is 0.489 e. The van der Waals surface area contributed by atoms with Crippen LogP contribution in [0.25, 0.3) is 0 Å². The zero-order valence-electron chi connectivity index (χ0n) is 11.5. The lowest BCUT2D eigenvalue weighted by Crippen LogP contribution is -2.38. The third-order valence-electron chi connectivity index (χ3n) is 3.03. The first-order valence-corrected chi connectivity index (χ1v) is 8.42. The average Bonchev–Trinajstić information content (AvgIpc) is 2.75. The second kappa shape index (κ2) is 6.62. The average molecular weight is 310 g/mol. The Morgan fingerprint density at radius 3 is 2.95 bits per heavy atom. The standard InChI is InChI=1S/C14H18N2O4S/c1-2-7-20-13-5-3-4-11(9-13)15-14(17)16-12-6-8-21(18,19)10-12/h2-5,9,12H,1,6-8,10H2,(H2,15,16,17). The third kappa shape index (κ3) is 4.78. The molecule has 1 unspecified atom stereocenters. The summed E-state index contributed by atoms with van der Waals surface area (Å²) in [6, 6.07) is 6.21. The second-order valence-corrected chi connectivity index (χ2v) is 7.05. The Morgan fingerprint density at radius 2 is 2.29 bits per heavy atom. The van der Waals surface area contributed by atoms with E-state index >= 15 is 0 Å². The Labute approximate surface area is 124 Å². The van der Waals surface area contributed by atoms with Gasteiger partial charge in [0.05, 0.1) is 11.5 Å². The molecule has 6 nitrogen and oxygen atoms in total. The molecular formula is C14H18N2O4S. The summed E-state index contributed by atoms with van der Waals surface area (Å²) in [4.78, 5) is 11.8. The SMILES string of the molecule is C=CCOc1cccc(NC(=O)NC2CCS(=O)(=O)C2)c1. The molecule has 114 valence electrons. The van der Waals surface area contributed by atoms with Gasteiger partial charge < -0.3 is 15.4 Å². The molecule has 0 saturated carbocycles. The van der Waals surface area contributed by atoms with E-state index in [1.54, 1.807) is 30.3 Å². The molecule has 1 aliphatic heterocycles. The summed E-state index contributed by atoms with van der Waals surface area (Å²) in [5.74, 6) is 0.752. The number of anilines is 1. The quantitative estimate of drug-likeness (QED) is 0.808. The van der Waals surface area contributed by atoms with Gasteiger partial charge in [-0.25, -0.2) is 13.2 Å². The summed E-state index contributed by atoms with van der Waals surface area (Å²) in [5, 5.41) is 5.32. The first kappa shape index (κ1) is 15.4. The molecule has 1 heterocycles. The Balaban J connectivity index is 1.89. The topological polar surface area (TPSA) is 84.5 Å². The predicted octanol–water partition coefficient (Wildman–Crippen LogP) is 1.56. The van der Waals surface area contributed by atoms with Gasteiger partial charge in [-0.15, -0.1) is 0 Å². The summed E-state index contributed by atoms with van der Waals surface area (Å²) >= 11 is 0. The number of hydrogen-bond donors (Lipinski definition) is 2. The monoisotopic (exact) mass is 310 g/mol. The Morgan fingerprint density at radius 1 is 1.48 bits per heavy atom. The molecule has 0 bridgehead atoms. The summed E-state index contributed by atoms with van der Waals surface area (Å²) in [6.45, 7) is 3.95. The van der Waals surface area contributed by atoms with Gasteiger partial charge in [0, 0.05) is 17.8 Å². The van der Waals surface area contributed by atoms with Crippen LogP contribution in [-0.4, -0.2) is 38.6 Å². The van der Waals surface area contributed by atoms with Crippen LogP contribution in [0, 0.1) is 0 Å². The minimum Gasteiger partial charge on any atom is -0.489 e. The maximum Gasteiger partial charge on any atom is 0.319 e. The highest BCUT2D eigenvalue weighted by Gasteiger charge is 2.28. The van der Waals surface area contributed by atoms with Crippen molar-refractivity contribution < 1.29 is 17.9 Å². The van der Waals surface area contributed by atoms with Gasteiger partial charge in [-0.1, -0.05) is 18.7 Å². The van der Waals surface area contributed by atoms with Gasteiger partial charge in [0.1, 0.15) is 12.4 Å². The summed E-state index contributed by atoms with van der Waals surface area (Å²) in [5.41, 5.74) is 0.579. The minimum atomic E-state index is -3.00. The van der Waals surface area contributed by atoms with E-state index in [2.05, 4.69) is 17.2 Å². The predicted molar refractivity (Wildman–Crippen MR) is 81.3 cm³/mol. The van der Waals surface area contributed by atoms with E-state index in [9.17, 15) is 13.2 Å². The van der Waals surface area contributed by atoms with Gasteiger partial charge in [-0.05, 0) is 18.6 Å². The number of carbonyl (C=O) groups excluding carboxylic acids is 1. The van der Waals surface area contributed by atoms with Crippen molar-refractivity contribution in [3.05, 3.63) is 36.9 Å². The molecule has 0 aromatic heterocycles. The number of carbonyl (C=O) groups is 1. The van der Waals surface area contributed by atoms with E-state index in [-0.39, 0.29) is 17.5 Å². The molecule has 1 fully saturated rings. The van der Waals surface area contributed by atoms with Crippen LogP contribution in [0.4, 0.5) is 10.5 Å². The van der Waals surface area contributed by atoms with Crippen molar-refractivity contribution in [2.75, 3.05) is 23.4 Å². The number of ether oxygens (including phenoxy) is 1. The molecule has 0 aliphatic carbocycles. The minimum absolute atomic E-state index is 0.00288. The number of hydrogen-bond acceptors (Lipinski definition) is 4. The van der Waals surface area contributed by atoms with E-state index in [4.69, 9.17) is 4.74 Å². The van der Waals surface area contributed by atoms with Gasteiger partial charge in [-0.3, -0.25) is 0 Å². The maximum atomic E-state index is 11.8. The second-order valence-electron chi connectivity index (χ2n) is 4.83. The maximum absolute atomic E-state index is 11.8. The van der Waals surface area contributed by atoms with Gasteiger partial charge in [0.25, 0.3) is 0 Å². The first-order chi connectivity index (χ1) is 9.98. The van der Waals surface area contributed by atoms with Crippen molar-refractivity contribution >= 4 is 21.6 Å². The molecule has 2 N–H and O–H groups in total. The Bertz CT molecular complexity index is 628. The van der Waals surface area contributed by atoms with Crippen LogP contribution < -0.4 is 15.4 Å². The van der Waals surface area contributed by atoms with Crippen molar-refractivity contribution in [3.8, 4) is 5.75 Å². The molecule has 2 amide bonds. The molecule has 1 aromatic carbocycles. The molecule has 0 radical (unpaired) electrons. The first-order valence-electron chi connectivity index (χ1n) is 6.60. The van der Waals surface area contributed by atoms with E-state index in [1.165, 1.54) is 0 Å². The van der Waals surface area contributed by atoms with Gasteiger partial charge in [0.2, 0.25) is 0 Å². The van der Waals surface area contributed by atoms with Crippen LogP contribution in [0.15, 0.2) is 36.9 Å². The highest BCUT2D eigenvalue weighted by molar-refractivity contribution is 7.91.